The van der Waals surface area contributed by atoms with Gasteiger partial charge in [-0.1, -0.05) is 25.1 Å². The third kappa shape index (κ3) is 5.78. The van der Waals surface area contributed by atoms with Crippen LogP contribution in [0.25, 0.3) is 0 Å². The zero-order valence-corrected chi connectivity index (χ0v) is 16.6. The van der Waals surface area contributed by atoms with Crippen LogP contribution in [-0.4, -0.2) is 29.4 Å². The number of para-hydroxylation sites is 1. The van der Waals surface area contributed by atoms with Gasteiger partial charge < -0.3 is 19.7 Å². The van der Waals surface area contributed by atoms with Crippen molar-refractivity contribution in [3.8, 4) is 11.5 Å². The topological polar surface area (TPSA) is 76.0 Å². The van der Waals surface area contributed by atoms with Crippen molar-refractivity contribution in [3.63, 3.8) is 0 Å². The van der Waals surface area contributed by atoms with Crippen molar-refractivity contribution in [1.82, 2.24) is 0 Å². The van der Waals surface area contributed by atoms with Crippen molar-refractivity contribution in [2.75, 3.05) is 13.2 Å². The molecular formula is C23H27FO5. The van der Waals surface area contributed by atoms with Crippen molar-refractivity contribution in [3.05, 3.63) is 59.9 Å². The van der Waals surface area contributed by atoms with E-state index in [1.54, 1.807) is 18.2 Å². The van der Waals surface area contributed by atoms with Crippen LogP contribution in [0.4, 0.5) is 4.39 Å². The summed E-state index contributed by atoms with van der Waals surface area (Å²) in [5.74, 6) is -0.464. The molecule has 1 aliphatic rings. The molecule has 1 saturated carbocycles. The van der Waals surface area contributed by atoms with Crippen molar-refractivity contribution >= 4 is 5.97 Å². The molecule has 3 rings (SSSR count). The lowest BCUT2D eigenvalue weighted by atomic mass is 9.66. The van der Waals surface area contributed by atoms with Gasteiger partial charge in [-0.2, -0.15) is 0 Å². The molecule has 156 valence electrons. The number of halogens is 1. The second-order valence-corrected chi connectivity index (χ2v) is 8.13. The van der Waals surface area contributed by atoms with Crippen molar-refractivity contribution in [1.29, 1.82) is 0 Å². The number of hydrogen-bond donors (Lipinski definition) is 2. The molecule has 5 nitrogen and oxygen atoms in total. The number of hydrogen-bond acceptors (Lipinski definition) is 4. The number of aliphatic hydroxyl groups is 1. The lowest BCUT2D eigenvalue weighted by molar-refractivity contribution is -0.142. The van der Waals surface area contributed by atoms with Gasteiger partial charge in [0.15, 0.2) is 0 Å². The van der Waals surface area contributed by atoms with Gasteiger partial charge in [-0.25, -0.2) is 9.18 Å². The fourth-order valence-corrected chi connectivity index (χ4v) is 3.80. The van der Waals surface area contributed by atoms with Crippen molar-refractivity contribution in [2.45, 2.75) is 44.6 Å². The van der Waals surface area contributed by atoms with E-state index in [1.165, 1.54) is 12.1 Å². The number of aliphatic carboxylic acids is 1. The van der Waals surface area contributed by atoms with Crippen LogP contribution in [0.3, 0.4) is 0 Å². The van der Waals surface area contributed by atoms with Crippen molar-refractivity contribution < 1.29 is 28.9 Å². The van der Waals surface area contributed by atoms with E-state index in [0.717, 1.165) is 19.3 Å². The van der Waals surface area contributed by atoms with E-state index in [-0.39, 0.29) is 12.0 Å². The quantitative estimate of drug-likeness (QED) is 0.616. The summed E-state index contributed by atoms with van der Waals surface area (Å²) >= 11 is 0. The lowest BCUT2D eigenvalue weighted by Crippen LogP contribution is -2.36. The van der Waals surface area contributed by atoms with Gasteiger partial charge in [-0.05, 0) is 67.3 Å². The first-order valence-electron chi connectivity index (χ1n) is 9.84. The first-order valence-corrected chi connectivity index (χ1v) is 9.84. The van der Waals surface area contributed by atoms with Gasteiger partial charge >= 0.3 is 5.97 Å². The van der Waals surface area contributed by atoms with Gasteiger partial charge in [0.25, 0.3) is 0 Å². The number of carbonyl (C=O) groups is 1. The number of ether oxygens (including phenoxy) is 2. The number of benzene rings is 2. The Kier molecular flexibility index (Phi) is 6.55. The first-order chi connectivity index (χ1) is 13.8. The maximum atomic E-state index is 14.2. The molecule has 0 heterocycles. The zero-order chi connectivity index (χ0) is 20.9. The molecule has 6 heteroatoms. The highest BCUT2D eigenvalue weighted by molar-refractivity contribution is 5.67. The molecule has 0 unspecified atom stereocenters. The van der Waals surface area contributed by atoms with E-state index < -0.39 is 17.4 Å². The Labute approximate surface area is 170 Å². The molecule has 0 aliphatic heterocycles. The summed E-state index contributed by atoms with van der Waals surface area (Å²) < 4.78 is 25.1. The predicted molar refractivity (Wildman–Crippen MR) is 106 cm³/mol. The average Bonchev–Trinajstić information content (AvgIpc) is 2.68. The minimum absolute atomic E-state index is 0.0403. The summed E-state index contributed by atoms with van der Waals surface area (Å²) in [4.78, 5) is 10.5. The largest absolute Gasteiger partial charge is 0.480 e. The van der Waals surface area contributed by atoms with E-state index in [1.807, 2.05) is 18.2 Å². The summed E-state index contributed by atoms with van der Waals surface area (Å²) in [6.45, 7) is 2.19. The molecular weight excluding hydrogens is 375 g/mol. The molecule has 0 radical (unpaired) electrons. The molecule has 2 N–H and O–H groups in total. The molecule has 29 heavy (non-hydrogen) atoms. The van der Waals surface area contributed by atoms with E-state index in [2.05, 4.69) is 6.92 Å². The summed E-state index contributed by atoms with van der Waals surface area (Å²) in [6.07, 6.45) is 3.20. The van der Waals surface area contributed by atoms with Gasteiger partial charge in [0, 0.05) is 12.7 Å². The van der Waals surface area contributed by atoms with Crippen LogP contribution < -0.4 is 4.74 Å². The fourth-order valence-electron chi connectivity index (χ4n) is 3.80. The molecule has 0 atom stereocenters. The minimum atomic E-state index is -1.11. The molecule has 1 aliphatic carbocycles. The lowest BCUT2D eigenvalue weighted by Gasteiger charge is -2.42. The first kappa shape index (κ1) is 21.3. The highest BCUT2D eigenvalue weighted by atomic mass is 19.1. The summed E-state index contributed by atoms with van der Waals surface area (Å²) in [5.41, 5.74) is -0.632. The Morgan fingerprint density at radius 3 is 2.41 bits per heavy atom. The van der Waals surface area contributed by atoms with Gasteiger partial charge in [0.2, 0.25) is 0 Å². The van der Waals surface area contributed by atoms with Crippen LogP contribution in [0.15, 0.2) is 48.5 Å². The summed E-state index contributed by atoms with van der Waals surface area (Å²) in [5, 5.41) is 19.9. The predicted octanol–water partition coefficient (Wildman–Crippen LogP) is 4.88. The smallest absolute Gasteiger partial charge is 0.329 e. The molecule has 1 fully saturated rings. The van der Waals surface area contributed by atoms with Gasteiger partial charge in [-0.15, -0.1) is 0 Å². The maximum Gasteiger partial charge on any atom is 0.329 e. The van der Waals surface area contributed by atoms with E-state index in [9.17, 15) is 14.3 Å². The standard InChI is InChI=1S/C23H27FO5/c1-22(11-12-28-16-21(25)26)7-9-23(27,10-8-22)17-13-18(24)15-20(14-17)29-19-5-3-2-4-6-19/h2-6,13-15,27H,7-12,16H2,1H3,(H,25,26). The van der Waals surface area contributed by atoms with E-state index in [4.69, 9.17) is 14.6 Å². The van der Waals surface area contributed by atoms with Crippen LogP contribution in [-0.2, 0) is 15.1 Å². The second-order valence-electron chi connectivity index (χ2n) is 8.13. The SMILES string of the molecule is CC1(CCOCC(=O)O)CCC(O)(c2cc(F)cc(Oc3ccccc3)c2)CC1. The van der Waals surface area contributed by atoms with Crippen LogP contribution in [0.1, 0.15) is 44.6 Å². The Hall–Kier alpha value is -2.44. The molecule has 0 aromatic heterocycles. The summed E-state index contributed by atoms with van der Waals surface area (Å²) in [6, 6.07) is 13.5. The van der Waals surface area contributed by atoms with Crippen LogP contribution in [0.2, 0.25) is 0 Å². The van der Waals surface area contributed by atoms with Crippen LogP contribution in [0.5, 0.6) is 11.5 Å². The molecule has 0 saturated heterocycles. The van der Waals surface area contributed by atoms with Gasteiger partial charge in [0.1, 0.15) is 23.9 Å². The second kappa shape index (κ2) is 8.93. The average molecular weight is 402 g/mol. The highest BCUT2D eigenvalue weighted by Gasteiger charge is 2.40. The Morgan fingerprint density at radius 1 is 1.07 bits per heavy atom. The van der Waals surface area contributed by atoms with Crippen molar-refractivity contribution in [2.24, 2.45) is 5.41 Å². The minimum Gasteiger partial charge on any atom is -0.480 e. The van der Waals surface area contributed by atoms with Crippen LogP contribution >= 0.6 is 0 Å². The Balaban J connectivity index is 1.65. The molecule has 2 aromatic rings. The van der Waals surface area contributed by atoms with Crippen LogP contribution in [0, 0.1) is 11.2 Å². The fraction of sp³-hybridized carbons (Fsp3) is 0.435. The number of rotatable bonds is 8. The highest BCUT2D eigenvalue weighted by Crippen LogP contribution is 2.47. The molecule has 0 bridgehead atoms. The molecule has 0 spiro atoms. The summed E-state index contributed by atoms with van der Waals surface area (Å²) in [7, 11) is 0. The monoisotopic (exact) mass is 402 g/mol. The third-order valence-corrected chi connectivity index (χ3v) is 5.75. The molecule has 2 aromatic carbocycles. The molecule has 0 amide bonds. The van der Waals surface area contributed by atoms with Gasteiger partial charge in [0.05, 0.1) is 5.60 Å². The van der Waals surface area contributed by atoms with E-state index >= 15 is 0 Å². The number of carboxylic acids is 1. The zero-order valence-electron chi connectivity index (χ0n) is 16.6. The third-order valence-electron chi connectivity index (χ3n) is 5.75. The maximum absolute atomic E-state index is 14.2. The number of carboxylic acid groups (broad SMARTS) is 1. The van der Waals surface area contributed by atoms with Gasteiger partial charge in [-0.3, -0.25) is 0 Å². The van der Waals surface area contributed by atoms with E-state index in [0.29, 0.717) is 36.5 Å². The Morgan fingerprint density at radius 2 is 1.76 bits per heavy atom. The normalized spacial score (nSPS) is 24.2. The Bertz CT molecular complexity index is 828.